The summed E-state index contributed by atoms with van der Waals surface area (Å²) < 4.78 is 0. The highest BCUT2D eigenvalue weighted by Crippen LogP contribution is 2.21. The van der Waals surface area contributed by atoms with Crippen LogP contribution in [-0.4, -0.2) is 5.24 Å². The fourth-order valence-corrected chi connectivity index (χ4v) is 1.35. The predicted molar refractivity (Wildman–Crippen MR) is 51.0 cm³/mol. The van der Waals surface area contributed by atoms with Crippen molar-refractivity contribution < 1.29 is 4.79 Å². The lowest BCUT2D eigenvalue weighted by molar-refractivity contribution is -0.111. The average molecular weight is 223 g/mol. The van der Waals surface area contributed by atoms with Gasteiger partial charge in [0, 0.05) is 16.5 Å². The molecular weight excluding hydrogens is 218 g/mol. The molecule has 0 aromatic heterocycles. The van der Waals surface area contributed by atoms with Gasteiger partial charge in [-0.1, -0.05) is 23.2 Å². The number of carbonyl (C=O) groups is 1. The van der Waals surface area contributed by atoms with Gasteiger partial charge < -0.3 is 0 Å². The summed E-state index contributed by atoms with van der Waals surface area (Å²) in [6, 6.07) is 4.93. The Kier molecular flexibility index (Phi) is 3.39. The van der Waals surface area contributed by atoms with E-state index in [0.717, 1.165) is 0 Å². The number of hydrogen-bond donors (Lipinski definition) is 0. The molecule has 0 amide bonds. The molecule has 1 aromatic carbocycles. The molecule has 0 heterocycles. The second-order valence-electron chi connectivity index (χ2n) is 2.27. The molecule has 0 bridgehead atoms. The Bertz CT molecular complexity index is 309. The highest BCUT2D eigenvalue weighted by atomic mass is 35.5. The Morgan fingerprint density at radius 1 is 1.33 bits per heavy atom. The average Bonchev–Trinajstić information content (AvgIpc) is 1.96. The predicted octanol–water partition coefficient (Wildman–Crippen LogP) is 3.30. The van der Waals surface area contributed by atoms with Crippen LogP contribution >= 0.6 is 34.8 Å². The molecular formula is C8H5Cl3O. The second kappa shape index (κ2) is 4.13. The van der Waals surface area contributed by atoms with Crippen LogP contribution in [0.5, 0.6) is 0 Å². The first-order valence-electron chi connectivity index (χ1n) is 3.22. The van der Waals surface area contributed by atoms with Crippen molar-refractivity contribution in [2.45, 2.75) is 6.42 Å². The van der Waals surface area contributed by atoms with Crippen molar-refractivity contribution in [1.82, 2.24) is 0 Å². The minimum Gasteiger partial charge on any atom is -0.281 e. The first-order chi connectivity index (χ1) is 5.59. The molecule has 64 valence electrons. The van der Waals surface area contributed by atoms with Crippen LogP contribution in [0.3, 0.4) is 0 Å². The van der Waals surface area contributed by atoms with E-state index in [0.29, 0.717) is 15.6 Å². The van der Waals surface area contributed by atoms with E-state index in [-0.39, 0.29) is 6.42 Å². The molecule has 0 fully saturated rings. The molecule has 12 heavy (non-hydrogen) atoms. The molecule has 0 saturated heterocycles. The standard InChI is InChI=1S/C8H5Cl3O/c9-6-1-2-7(10)5(3-6)4-8(11)12/h1-3H,4H2. The molecule has 0 radical (unpaired) electrons. The van der Waals surface area contributed by atoms with Gasteiger partial charge in [0.25, 0.3) is 0 Å². The summed E-state index contributed by atoms with van der Waals surface area (Å²) in [6.45, 7) is 0. The lowest BCUT2D eigenvalue weighted by Gasteiger charge is -2.00. The third-order valence-corrected chi connectivity index (χ3v) is 2.07. The number of rotatable bonds is 2. The van der Waals surface area contributed by atoms with E-state index < -0.39 is 5.24 Å². The van der Waals surface area contributed by atoms with Crippen LogP contribution in [-0.2, 0) is 11.2 Å². The number of benzene rings is 1. The van der Waals surface area contributed by atoms with E-state index in [4.69, 9.17) is 34.8 Å². The van der Waals surface area contributed by atoms with Crippen LogP contribution in [0.25, 0.3) is 0 Å². The molecule has 0 N–H and O–H groups in total. The van der Waals surface area contributed by atoms with Crippen molar-refractivity contribution in [2.24, 2.45) is 0 Å². The second-order valence-corrected chi connectivity index (χ2v) is 3.53. The fraction of sp³-hybridized carbons (Fsp3) is 0.125. The molecule has 0 aliphatic rings. The van der Waals surface area contributed by atoms with Crippen molar-refractivity contribution in [1.29, 1.82) is 0 Å². The van der Waals surface area contributed by atoms with Crippen molar-refractivity contribution in [3.05, 3.63) is 33.8 Å². The van der Waals surface area contributed by atoms with Gasteiger partial charge >= 0.3 is 0 Å². The largest absolute Gasteiger partial charge is 0.281 e. The van der Waals surface area contributed by atoms with Crippen LogP contribution in [0.15, 0.2) is 18.2 Å². The number of hydrogen-bond acceptors (Lipinski definition) is 1. The SMILES string of the molecule is O=C(Cl)Cc1cc(Cl)ccc1Cl. The Morgan fingerprint density at radius 2 is 2.00 bits per heavy atom. The highest BCUT2D eigenvalue weighted by molar-refractivity contribution is 6.63. The lowest BCUT2D eigenvalue weighted by atomic mass is 10.2. The summed E-state index contributed by atoms with van der Waals surface area (Å²) in [4.78, 5) is 10.5. The fourth-order valence-electron chi connectivity index (χ4n) is 0.829. The van der Waals surface area contributed by atoms with Gasteiger partial charge in [0.1, 0.15) is 0 Å². The van der Waals surface area contributed by atoms with Gasteiger partial charge in [-0.2, -0.15) is 0 Å². The van der Waals surface area contributed by atoms with Crippen molar-refractivity contribution in [3.63, 3.8) is 0 Å². The van der Waals surface area contributed by atoms with Gasteiger partial charge in [-0.15, -0.1) is 0 Å². The molecule has 0 saturated carbocycles. The zero-order chi connectivity index (χ0) is 9.14. The van der Waals surface area contributed by atoms with Crippen molar-refractivity contribution >= 4 is 40.0 Å². The first-order valence-corrected chi connectivity index (χ1v) is 4.35. The Morgan fingerprint density at radius 3 is 2.58 bits per heavy atom. The van der Waals surface area contributed by atoms with Crippen LogP contribution in [0.1, 0.15) is 5.56 Å². The minimum atomic E-state index is -0.445. The minimum absolute atomic E-state index is 0.112. The van der Waals surface area contributed by atoms with Gasteiger partial charge in [0.2, 0.25) is 5.24 Å². The molecule has 1 aromatic rings. The molecule has 0 atom stereocenters. The van der Waals surface area contributed by atoms with E-state index in [1.165, 1.54) is 0 Å². The van der Waals surface area contributed by atoms with Gasteiger partial charge in [-0.3, -0.25) is 4.79 Å². The zero-order valence-corrected chi connectivity index (χ0v) is 8.25. The van der Waals surface area contributed by atoms with E-state index in [9.17, 15) is 4.79 Å². The Balaban J connectivity index is 2.97. The maximum absolute atomic E-state index is 10.5. The Labute approximate surface area is 85.2 Å². The molecule has 0 aliphatic heterocycles. The maximum atomic E-state index is 10.5. The summed E-state index contributed by atoms with van der Waals surface area (Å²) in [5, 5.41) is 0.611. The lowest BCUT2D eigenvalue weighted by Crippen LogP contribution is -1.93. The van der Waals surface area contributed by atoms with Gasteiger partial charge in [0.15, 0.2) is 0 Å². The van der Waals surface area contributed by atoms with E-state index in [1.54, 1.807) is 18.2 Å². The van der Waals surface area contributed by atoms with Crippen LogP contribution in [0, 0.1) is 0 Å². The maximum Gasteiger partial charge on any atom is 0.226 e. The molecule has 4 heteroatoms. The van der Waals surface area contributed by atoms with Gasteiger partial charge in [0.05, 0.1) is 0 Å². The topological polar surface area (TPSA) is 17.1 Å². The quantitative estimate of drug-likeness (QED) is 0.703. The molecule has 0 aliphatic carbocycles. The number of carbonyl (C=O) groups excluding carboxylic acids is 1. The van der Waals surface area contributed by atoms with E-state index >= 15 is 0 Å². The number of halogens is 3. The summed E-state index contributed by atoms with van der Waals surface area (Å²) in [5.74, 6) is 0. The first kappa shape index (κ1) is 9.85. The smallest absolute Gasteiger partial charge is 0.226 e. The van der Waals surface area contributed by atoms with Crippen LogP contribution < -0.4 is 0 Å². The van der Waals surface area contributed by atoms with E-state index in [2.05, 4.69) is 0 Å². The highest BCUT2D eigenvalue weighted by Gasteiger charge is 2.04. The monoisotopic (exact) mass is 222 g/mol. The normalized spacial score (nSPS) is 9.92. The van der Waals surface area contributed by atoms with Crippen LogP contribution in [0.4, 0.5) is 0 Å². The van der Waals surface area contributed by atoms with E-state index in [1.807, 2.05) is 0 Å². The molecule has 0 unspecified atom stereocenters. The summed E-state index contributed by atoms with van der Waals surface area (Å²) >= 11 is 16.7. The molecule has 0 spiro atoms. The summed E-state index contributed by atoms with van der Waals surface area (Å²) in [6.07, 6.45) is 0.112. The molecule has 1 rings (SSSR count). The van der Waals surface area contributed by atoms with Gasteiger partial charge in [-0.05, 0) is 35.4 Å². The third-order valence-electron chi connectivity index (χ3n) is 1.34. The third kappa shape index (κ3) is 2.67. The van der Waals surface area contributed by atoms with Gasteiger partial charge in [-0.25, -0.2) is 0 Å². The zero-order valence-electron chi connectivity index (χ0n) is 5.98. The summed E-state index contributed by atoms with van der Waals surface area (Å²) in [7, 11) is 0. The van der Waals surface area contributed by atoms with Crippen molar-refractivity contribution in [3.8, 4) is 0 Å². The summed E-state index contributed by atoms with van der Waals surface area (Å²) in [5.41, 5.74) is 0.657. The molecule has 1 nitrogen and oxygen atoms in total. The van der Waals surface area contributed by atoms with Crippen LogP contribution in [0.2, 0.25) is 10.0 Å². The van der Waals surface area contributed by atoms with Crippen molar-refractivity contribution in [2.75, 3.05) is 0 Å². The Hall–Kier alpha value is -0.240.